The molecule has 1 aliphatic rings. The summed E-state index contributed by atoms with van der Waals surface area (Å²) in [7, 11) is 0. The van der Waals surface area contributed by atoms with E-state index in [-0.39, 0.29) is 5.91 Å². The molecule has 1 aliphatic heterocycles. The number of hydrogen-bond acceptors (Lipinski definition) is 5. The second-order valence-electron chi connectivity index (χ2n) is 5.30. The molecule has 0 unspecified atom stereocenters. The van der Waals surface area contributed by atoms with Gasteiger partial charge in [0.25, 0.3) is 11.7 Å². The Morgan fingerprint density at radius 2 is 1.96 bits per heavy atom. The van der Waals surface area contributed by atoms with Crippen molar-refractivity contribution in [2.75, 3.05) is 17.6 Å². The van der Waals surface area contributed by atoms with E-state index in [0.717, 1.165) is 22.2 Å². The molecule has 0 spiro atoms. The van der Waals surface area contributed by atoms with Gasteiger partial charge in [-0.05, 0) is 35.9 Å². The number of carbonyl (C=O) groups excluding carboxylic acids is 1. The van der Waals surface area contributed by atoms with Crippen LogP contribution in [0.15, 0.2) is 58.4 Å². The number of benzene rings is 2. The Labute approximate surface area is 163 Å². The number of amides is 1. The zero-order chi connectivity index (χ0) is 18.4. The fraction of sp³-hybridized carbons (Fsp3) is 0.222. The zero-order valence-corrected chi connectivity index (χ0v) is 16.1. The van der Waals surface area contributed by atoms with Crippen LogP contribution in [0.4, 0.5) is 14.5 Å². The second-order valence-corrected chi connectivity index (χ2v) is 8.67. The van der Waals surface area contributed by atoms with Gasteiger partial charge in [-0.2, -0.15) is 8.78 Å². The number of nitrogens with zero attached hydrogens (tertiary/aromatic N) is 1. The molecule has 0 aliphatic carbocycles. The molecule has 0 aromatic heterocycles. The first kappa shape index (κ1) is 19.3. The molecule has 2 aromatic rings. The van der Waals surface area contributed by atoms with E-state index in [2.05, 4.69) is 10.3 Å². The lowest BCUT2D eigenvalue weighted by Crippen LogP contribution is -2.14. The van der Waals surface area contributed by atoms with Crippen molar-refractivity contribution in [3.8, 4) is 0 Å². The summed E-state index contributed by atoms with van der Waals surface area (Å²) < 4.78 is 25.8. The van der Waals surface area contributed by atoms with Crippen molar-refractivity contribution in [3.63, 3.8) is 0 Å². The van der Waals surface area contributed by atoms with Gasteiger partial charge >= 0.3 is 0 Å². The van der Waals surface area contributed by atoms with Crippen molar-refractivity contribution >= 4 is 51.3 Å². The Kier molecular flexibility index (Phi) is 6.99. The van der Waals surface area contributed by atoms with Gasteiger partial charge in [-0.3, -0.25) is 9.79 Å². The van der Waals surface area contributed by atoms with Crippen LogP contribution in [-0.2, 0) is 5.75 Å². The molecule has 1 heterocycles. The van der Waals surface area contributed by atoms with Gasteiger partial charge in [-0.15, -0.1) is 0 Å². The number of thioether (sulfide) groups is 3. The number of alkyl halides is 2. The van der Waals surface area contributed by atoms with E-state index in [9.17, 15) is 13.6 Å². The van der Waals surface area contributed by atoms with Crippen LogP contribution in [0.2, 0.25) is 0 Å². The Bertz CT molecular complexity index is 797. The lowest BCUT2D eigenvalue weighted by atomic mass is 10.1. The molecule has 3 rings (SSSR count). The number of carbonyl (C=O) groups is 1. The van der Waals surface area contributed by atoms with Crippen LogP contribution >= 0.6 is 35.3 Å². The highest BCUT2D eigenvalue weighted by Gasteiger charge is 2.14. The predicted molar refractivity (Wildman–Crippen MR) is 109 cm³/mol. The molecule has 0 radical (unpaired) electrons. The van der Waals surface area contributed by atoms with Crippen molar-refractivity contribution in [1.82, 2.24) is 0 Å². The van der Waals surface area contributed by atoms with E-state index in [4.69, 9.17) is 0 Å². The average Bonchev–Trinajstić information content (AvgIpc) is 3.15. The minimum Gasteiger partial charge on any atom is -0.322 e. The van der Waals surface area contributed by atoms with Gasteiger partial charge in [0.15, 0.2) is 0 Å². The first-order valence-corrected chi connectivity index (χ1v) is 10.7. The maximum absolute atomic E-state index is 12.6. The zero-order valence-electron chi connectivity index (χ0n) is 13.7. The summed E-state index contributed by atoms with van der Waals surface area (Å²) in [4.78, 5) is 17.5. The van der Waals surface area contributed by atoms with E-state index in [1.165, 1.54) is 0 Å². The molecule has 26 heavy (non-hydrogen) atoms. The number of rotatable bonds is 6. The van der Waals surface area contributed by atoms with Crippen LogP contribution in [0.5, 0.6) is 0 Å². The van der Waals surface area contributed by atoms with Crippen LogP contribution in [-0.4, -0.2) is 28.3 Å². The van der Waals surface area contributed by atoms with Gasteiger partial charge in [0.05, 0.1) is 6.54 Å². The summed E-state index contributed by atoms with van der Waals surface area (Å²) in [6, 6.07) is 13.9. The number of aliphatic imine (C=N–C) groups is 1. The van der Waals surface area contributed by atoms with Crippen molar-refractivity contribution < 1.29 is 13.6 Å². The highest BCUT2D eigenvalue weighted by atomic mass is 32.2. The Hall–Kier alpha value is -1.51. The molecule has 0 bridgehead atoms. The van der Waals surface area contributed by atoms with Crippen molar-refractivity contribution in [2.24, 2.45) is 4.99 Å². The van der Waals surface area contributed by atoms with E-state index >= 15 is 0 Å². The molecule has 3 nitrogen and oxygen atoms in total. The smallest absolute Gasteiger partial charge is 0.288 e. The SMILES string of the molecule is O=C(Nc1ccc(SC(F)F)cc1)c1ccccc1CSC1=NCCS1. The maximum Gasteiger partial charge on any atom is 0.288 e. The molecule has 1 N–H and O–H groups in total. The minimum absolute atomic E-state index is 0.212. The third-order valence-electron chi connectivity index (χ3n) is 3.51. The summed E-state index contributed by atoms with van der Waals surface area (Å²) in [6.07, 6.45) is 0. The summed E-state index contributed by atoms with van der Waals surface area (Å²) in [5.41, 5.74) is 2.12. The quantitative estimate of drug-likeness (QED) is 0.631. The number of hydrogen-bond donors (Lipinski definition) is 1. The third-order valence-corrected chi connectivity index (χ3v) is 6.53. The fourth-order valence-electron chi connectivity index (χ4n) is 2.33. The largest absolute Gasteiger partial charge is 0.322 e. The lowest BCUT2D eigenvalue weighted by Gasteiger charge is -2.10. The maximum atomic E-state index is 12.6. The molecule has 0 saturated heterocycles. The van der Waals surface area contributed by atoms with Gasteiger partial charge in [-0.1, -0.05) is 53.5 Å². The van der Waals surface area contributed by atoms with E-state index in [1.54, 1.807) is 53.9 Å². The molecular weight excluding hydrogens is 394 g/mol. The van der Waals surface area contributed by atoms with E-state index < -0.39 is 5.76 Å². The van der Waals surface area contributed by atoms with Gasteiger partial charge in [-0.25, -0.2) is 0 Å². The van der Waals surface area contributed by atoms with Crippen molar-refractivity contribution in [1.29, 1.82) is 0 Å². The molecule has 136 valence electrons. The predicted octanol–water partition coefficient (Wildman–Crippen LogP) is 5.59. The van der Waals surface area contributed by atoms with Gasteiger partial charge in [0.1, 0.15) is 4.38 Å². The van der Waals surface area contributed by atoms with Gasteiger partial charge in [0, 0.05) is 27.7 Å². The standard InChI is InChI=1S/C18H16F2N2OS3/c19-17(20)26-14-7-5-13(6-8-14)22-16(23)15-4-2-1-3-12(15)11-25-18-21-9-10-24-18/h1-8,17H,9-11H2,(H,22,23). The second kappa shape index (κ2) is 9.43. The van der Waals surface area contributed by atoms with E-state index in [0.29, 0.717) is 33.7 Å². The first-order chi connectivity index (χ1) is 12.6. The number of anilines is 1. The normalized spacial score (nSPS) is 13.7. The van der Waals surface area contributed by atoms with Crippen LogP contribution < -0.4 is 5.32 Å². The fourth-order valence-corrected chi connectivity index (χ4v) is 4.84. The lowest BCUT2D eigenvalue weighted by molar-refractivity contribution is 0.102. The number of halogens is 2. The minimum atomic E-state index is -2.46. The molecule has 0 atom stereocenters. The van der Waals surface area contributed by atoms with Gasteiger partial charge < -0.3 is 5.32 Å². The summed E-state index contributed by atoms with van der Waals surface area (Å²) in [5, 5.41) is 2.83. The molecule has 1 amide bonds. The van der Waals surface area contributed by atoms with Crippen LogP contribution in [0, 0.1) is 0 Å². The Balaban J connectivity index is 1.65. The number of nitrogens with one attached hydrogen (secondary N) is 1. The van der Waals surface area contributed by atoms with Crippen molar-refractivity contribution in [3.05, 3.63) is 59.7 Å². The summed E-state index contributed by atoms with van der Waals surface area (Å²) in [6.45, 7) is 0.856. The van der Waals surface area contributed by atoms with Crippen LogP contribution in [0.3, 0.4) is 0 Å². The van der Waals surface area contributed by atoms with Crippen LogP contribution in [0.1, 0.15) is 15.9 Å². The molecule has 0 fully saturated rings. The highest BCUT2D eigenvalue weighted by Crippen LogP contribution is 2.28. The third kappa shape index (κ3) is 5.49. The monoisotopic (exact) mass is 410 g/mol. The summed E-state index contributed by atoms with van der Waals surface area (Å²) in [5.74, 6) is -0.970. The van der Waals surface area contributed by atoms with Crippen LogP contribution in [0.25, 0.3) is 0 Å². The Morgan fingerprint density at radius 3 is 2.65 bits per heavy atom. The Morgan fingerprint density at radius 1 is 1.19 bits per heavy atom. The van der Waals surface area contributed by atoms with Crippen molar-refractivity contribution in [2.45, 2.75) is 16.4 Å². The molecule has 8 heteroatoms. The highest BCUT2D eigenvalue weighted by molar-refractivity contribution is 8.38. The first-order valence-electron chi connectivity index (χ1n) is 7.86. The van der Waals surface area contributed by atoms with Gasteiger partial charge in [0.2, 0.25) is 0 Å². The molecule has 0 saturated carbocycles. The molecule has 2 aromatic carbocycles. The summed E-state index contributed by atoms with van der Waals surface area (Å²) >= 11 is 3.86. The van der Waals surface area contributed by atoms with E-state index in [1.807, 2.05) is 18.2 Å². The molecular formula is C18H16F2N2OS3. The average molecular weight is 411 g/mol. The topological polar surface area (TPSA) is 41.5 Å².